The number of nitrogens with zero attached hydrogens (tertiary/aromatic N) is 4. The van der Waals surface area contributed by atoms with Gasteiger partial charge in [0.15, 0.2) is 5.82 Å². The molecule has 1 unspecified atom stereocenters. The van der Waals surface area contributed by atoms with Gasteiger partial charge >= 0.3 is 0 Å². The van der Waals surface area contributed by atoms with Crippen molar-refractivity contribution in [2.24, 2.45) is 5.92 Å². The number of piperidine rings is 1. The standard InChI is InChI=1S/C20H26N4O3S/c1-14-17-5-3-4-6-18(17)20(22-21-14)23-9-7-16(8-10-23)24-12-15(11-19(24)25)13-28(2,26)27/h3-6,15-16H,7-13H2,1-2H3. The molecule has 1 aromatic carbocycles. The second-order valence-corrected chi connectivity index (χ2v) is 10.3. The first-order valence-electron chi connectivity index (χ1n) is 9.76. The summed E-state index contributed by atoms with van der Waals surface area (Å²) in [5, 5.41) is 11.0. The summed E-state index contributed by atoms with van der Waals surface area (Å²) in [5.41, 5.74) is 0.925. The van der Waals surface area contributed by atoms with Gasteiger partial charge in [-0.1, -0.05) is 24.3 Å². The fraction of sp³-hybridized carbons (Fsp3) is 0.550. The Balaban J connectivity index is 1.44. The summed E-state index contributed by atoms with van der Waals surface area (Å²) in [7, 11) is -3.06. The molecule has 2 fully saturated rings. The summed E-state index contributed by atoms with van der Waals surface area (Å²) in [5.74, 6) is 1.02. The molecule has 28 heavy (non-hydrogen) atoms. The molecule has 7 nitrogen and oxygen atoms in total. The highest BCUT2D eigenvalue weighted by Crippen LogP contribution is 2.30. The summed E-state index contributed by atoms with van der Waals surface area (Å²) in [6, 6.07) is 8.36. The molecular weight excluding hydrogens is 376 g/mol. The van der Waals surface area contributed by atoms with Crippen LogP contribution < -0.4 is 4.90 Å². The Morgan fingerprint density at radius 1 is 1.11 bits per heavy atom. The number of carbonyl (C=O) groups excluding carboxylic acids is 1. The molecule has 2 aromatic rings. The van der Waals surface area contributed by atoms with Crippen molar-refractivity contribution in [1.29, 1.82) is 0 Å². The van der Waals surface area contributed by atoms with Crippen LogP contribution in [0.2, 0.25) is 0 Å². The van der Waals surface area contributed by atoms with E-state index >= 15 is 0 Å². The molecule has 1 atom stereocenters. The van der Waals surface area contributed by atoms with Gasteiger partial charge in [0.1, 0.15) is 9.84 Å². The van der Waals surface area contributed by atoms with Gasteiger partial charge in [-0.25, -0.2) is 8.42 Å². The summed E-state index contributed by atoms with van der Waals surface area (Å²) in [6.07, 6.45) is 3.31. The Labute approximate surface area is 165 Å². The van der Waals surface area contributed by atoms with E-state index in [1.165, 1.54) is 6.26 Å². The van der Waals surface area contributed by atoms with Crippen LogP contribution in [0.1, 0.15) is 25.0 Å². The van der Waals surface area contributed by atoms with Crippen molar-refractivity contribution in [1.82, 2.24) is 15.1 Å². The molecule has 0 radical (unpaired) electrons. The van der Waals surface area contributed by atoms with Crippen molar-refractivity contribution in [3.8, 4) is 0 Å². The average molecular weight is 403 g/mol. The predicted molar refractivity (Wildman–Crippen MR) is 109 cm³/mol. The molecule has 1 aromatic heterocycles. The van der Waals surface area contributed by atoms with Crippen molar-refractivity contribution in [3.63, 3.8) is 0 Å². The zero-order valence-electron chi connectivity index (χ0n) is 16.3. The molecule has 0 N–H and O–H groups in total. The Bertz CT molecular complexity index is 1000. The molecule has 150 valence electrons. The lowest BCUT2D eigenvalue weighted by molar-refractivity contribution is -0.130. The van der Waals surface area contributed by atoms with Gasteiger partial charge in [-0.05, 0) is 25.7 Å². The highest BCUT2D eigenvalue weighted by molar-refractivity contribution is 7.90. The van der Waals surface area contributed by atoms with Gasteiger partial charge in [0, 0.05) is 49.1 Å². The van der Waals surface area contributed by atoms with Crippen LogP contribution in [-0.2, 0) is 14.6 Å². The number of sulfone groups is 1. The molecular formula is C20H26N4O3S. The van der Waals surface area contributed by atoms with Crippen LogP contribution in [0.3, 0.4) is 0 Å². The summed E-state index contributed by atoms with van der Waals surface area (Å²) in [6.45, 7) is 4.15. The highest BCUT2D eigenvalue weighted by Gasteiger charge is 2.37. The van der Waals surface area contributed by atoms with E-state index in [9.17, 15) is 13.2 Å². The maximum Gasteiger partial charge on any atom is 0.223 e. The monoisotopic (exact) mass is 402 g/mol. The largest absolute Gasteiger partial charge is 0.354 e. The Morgan fingerprint density at radius 2 is 1.79 bits per heavy atom. The summed E-state index contributed by atoms with van der Waals surface area (Å²) in [4.78, 5) is 16.6. The number of aromatic nitrogens is 2. The number of carbonyl (C=O) groups is 1. The third-order valence-corrected chi connectivity index (χ3v) is 6.91. The average Bonchev–Trinajstić information content (AvgIpc) is 3.01. The lowest BCUT2D eigenvalue weighted by Gasteiger charge is -2.37. The van der Waals surface area contributed by atoms with E-state index in [4.69, 9.17) is 0 Å². The number of aryl methyl sites for hydroxylation is 1. The maximum absolute atomic E-state index is 12.4. The highest BCUT2D eigenvalue weighted by atomic mass is 32.2. The van der Waals surface area contributed by atoms with Gasteiger partial charge in [-0.15, -0.1) is 5.10 Å². The van der Waals surface area contributed by atoms with Crippen molar-refractivity contribution in [2.75, 3.05) is 36.5 Å². The number of fused-ring (bicyclic) bond motifs is 1. The molecule has 1 amide bonds. The SMILES string of the molecule is Cc1nnc(N2CCC(N3CC(CS(C)(=O)=O)CC3=O)CC2)c2ccccc12. The Morgan fingerprint density at radius 3 is 2.46 bits per heavy atom. The van der Waals surface area contributed by atoms with Crippen LogP contribution >= 0.6 is 0 Å². The first kappa shape index (κ1) is 19.1. The zero-order chi connectivity index (χ0) is 19.9. The van der Waals surface area contributed by atoms with E-state index in [1.807, 2.05) is 24.0 Å². The molecule has 0 saturated carbocycles. The molecule has 8 heteroatoms. The zero-order valence-corrected chi connectivity index (χ0v) is 17.2. The molecule has 2 aliphatic rings. The topological polar surface area (TPSA) is 83.5 Å². The van der Waals surface area contributed by atoms with E-state index in [0.717, 1.165) is 48.2 Å². The van der Waals surface area contributed by atoms with E-state index in [2.05, 4.69) is 27.2 Å². The van der Waals surface area contributed by atoms with Crippen molar-refractivity contribution in [3.05, 3.63) is 30.0 Å². The lowest BCUT2D eigenvalue weighted by atomic mass is 10.0. The van der Waals surface area contributed by atoms with Crippen LogP contribution in [0.15, 0.2) is 24.3 Å². The first-order chi connectivity index (χ1) is 13.3. The summed E-state index contributed by atoms with van der Waals surface area (Å²) >= 11 is 0. The molecule has 2 aliphatic heterocycles. The number of rotatable bonds is 4. The first-order valence-corrected chi connectivity index (χ1v) is 11.8. The minimum absolute atomic E-state index is 0.0764. The third-order valence-electron chi connectivity index (χ3n) is 5.83. The minimum Gasteiger partial charge on any atom is -0.354 e. The van der Waals surface area contributed by atoms with Gasteiger partial charge < -0.3 is 9.80 Å². The fourth-order valence-corrected chi connectivity index (χ4v) is 5.63. The van der Waals surface area contributed by atoms with E-state index in [-0.39, 0.29) is 23.6 Å². The van der Waals surface area contributed by atoms with Crippen molar-refractivity contribution < 1.29 is 13.2 Å². The number of hydrogen-bond acceptors (Lipinski definition) is 6. The smallest absolute Gasteiger partial charge is 0.223 e. The quantitative estimate of drug-likeness (QED) is 0.775. The second kappa shape index (κ2) is 7.31. The normalized spacial score (nSPS) is 21.6. The van der Waals surface area contributed by atoms with Gasteiger partial charge in [0.05, 0.1) is 11.4 Å². The van der Waals surface area contributed by atoms with Crippen molar-refractivity contribution >= 4 is 32.3 Å². The molecule has 4 rings (SSSR count). The fourth-order valence-electron chi connectivity index (χ4n) is 4.55. The number of anilines is 1. The lowest BCUT2D eigenvalue weighted by Crippen LogP contribution is -2.46. The van der Waals surface area contributed by atoms with Gasteiger partial charge in [0.2, 0.25) is 5.91 Å². The molecule has 2 saturated heterocycles. The van der Waals surface area contributed by atoms with Crippen LogP contribution in [0.4, 0.5) is 5.82 Å². The Hall–Kier alpha value is -2.22. The van der Waals surface area contributed by atoms with Gasteiger partial charge in [-0.3, -0.25) is 4.79 Å². The minimum atomic E-state index is -3.06. The molecule has 0 aliphatic carbocycles. The number of hydrogen-bond donors (Lipinski definition) is 0. The predicted octanol–water partition coefficient (Wildman–Crippen LogP) is 1.80. The number of amides is 1. The Kier molecular flexibility index (Phi) is 4.99. The second-order valence-electron chi connectivity index (χ2n) is 8.08. The van der Waals surface area contributed by atoms with Crippen LogP contribution in [0.5, 0.6) is 0 Å². The van der Waals surface area contributed by atoms with Crippen LogP contribution in [-0.4, -0.2) is 67.1 Å². The van der Waals surface area contributed by atoms with Crippen LogP contribution in [0.25, 0.3) is 10.8 Å². The van der Waals surface area contributed by atoms with Crippen LogP contribution in [0, 0.1) is 12.8 Å². The molecule has 0 spiro atoms. The number of likely N-dealkylation sites (tertiary alicyclic amines) is 1. The molecule has 0 bridgehead atoms. The van der Waals surface area contributed by atoms with E-state index < -0.39 is 9.84 Å². The van der Waals surface area contributed by atoms with Crippen molar-refractivity contribution in [2.45, 2.75) is 32.2 Å². The third kappa shape index (κ3) is 3.83. The number of benzene rings is 1. The van der Waals surface area contributed by atoms with E-state index in [0.29, 0.717) is 13.0 Å². The summed E-state index contributed by atoms with van der Waals surface area (Å²) < 4.78 is 23.1. The van der Waals surface area contributed by atoms with Gasteiger partial charge in [-0.2, -0.15) is 5.10 Å². The molecule has 3 heterocycles. The maximum atomic E-state index is 12.4. The van der Waals surface area contributed by atoms with E-state index in [1.54, 1.807) is 0 Å². The van der Waals surface area contributed by atoms with Gasteiger partial charge in [0.25, 0.3) is 0 Å².